The van der Waals surface area contributed by atoms with Gasteiger partial charge in [0.05, 0.1) is 0 Å². The van der Waals surface area contributed by atoms with E-state index in [9.17, 15) is 0 Å². The summed E-state index contributed by atoms with van der Waals surface area (Å²) in [6, 6.07) is 7.73. The van der Waals surface area contributed by atoms with Gasteiger partial charge in [-0.15, -0.1) is 0 Å². The number of allylic oxidation sites excluding steroid dienone is 1. The van der Waals surface area contributed by atoms with Gasteiger partial charge in [-0.3, -0.25) is 0 Å². The molecule has 0 fully saturated rings. The lowest BCUT2D eigenvalue weighted by atomic mass is 9.70. The predicted octanol–water partition coefficient (Wildman–Crippen LogP) is 0.809. The van der Waals surface area contributed by atoms with Gasteiger partial charge in [-0.1, -0.05) is 36.4 Å². The van der Waals surface area contributed by atoms with Gasteiger partial charge in [-0.05, 0) is 11.1 Å². The van der Waals surface area contributed by atoms with E-state index in [2.05, 4.69) is 0 Å². The van der Waals surface area contributed by atoms with Crippen LogP contribution in [0.3, 0.4) is 0 Å². The Labute approximate surface area is 71.3 Å². The van der Waals surface area contributed by atoms with Crippen molar-refractivity contribution < 1.29 is 10.0 Å². The number of hydrogen-bond acceptors (Lipinski definition) is 2. The van der Waals surface area contributed by atoms with E-state index in [0.717, 1.165) is 11.1 Å². The first-order valence-corrected chi connectivity index (χ1v) is 3.92. The molecule has 1 aromatic carbocycles. The van der Waals surface area contributed by atoms with Gasteiger partial charge in [-0.2, -0.15) is 0 Å². The largest absolute Gasteiger partial charge is 0.463 e. The van der Waals surface area contributed by atoms with Gasteiger partial charge in [0.1, 0.15) is 0 Å². The Morgan fingerprint density at radius 3 is 2.67 bits per heavy atom. The van der Waals surface area contributed by atoms with Gasteiger partial charge in [0.2, 0.25) is 0 Å². The molecule has 0 spiro atoms. The topological polar surface area (TPSA) is 40.5 Å². The van der Waals surface area contributed by atoms with Crippen molar-refractivity contribution in [2.75, 3.05) is 0 Å². The van der Waals surface area contributed by atoms with Gasteiger partial charge in [0, 0.05) is 5.82 Å². The van der Waals surface area contributed by atoms with Crippen LogP contribution in [0, 0.1) is 0 Å². The highest BCUT2D eigenvalue weighted by molar-refractivity contribution is 6.44. The van der Waals surface area contributed by atoms with E-state index in [0.29, 0.717) is 0 Å². The van der Waals surface area contributed by atoms with Crippen LogP contribution in [0.4, 0.5) is 0 Å². The second kappa shape index (κ2) is 2.77. The summed E-state index contributed by atoms with van der Waals surface area (Å²) in [5.41, 5.74) is 2.07. The maximum absolute atomic E-state index is 9.00. The third-order valence-corrected chi connectivity index (χ3v) is 2.16. The molecule has 2 N–H and O–H groups in total. The molecule has 1 aliphatic carbocycles. The molecule has 0 heterocycles. The number of benzene rings is 1. The van der Waals surface area contributed by atoms with Crippen LogP contribution in [-0.2, 0) is 0 Å². The molecular weight excluding hydrogens is 151 g/mol. The van der Waals surface area contributed by atoms with Gasteiger partial charge in [-0.25, -0.2) is 0 Å². The van der Waals surface area contributed by atoms with Crippen LogP contribution < -0.4 is 0 Å². The molecule has 1 aliphatic rings. The standard InChI is InChI=1S/C9H9BO2/c11-10(12)9-6-5-7-3-1-2-4-8(7)9/h1-6,9,11-12H. The molecule has 1 aromatic rings. The minimum atomic E-state index is -1.29. The Balaban J connectivity index is 2.42. The molecule has 0 amide bonds. The van der Waals surface area contributed by atoms with Crippen LogP contribution in [0.1, 0.15) is 16.9 Å². The van der Waals surface area contributed by atoms with Crippen molar-refractivity contribution >= 4 is 13.2 Å². The van der Waals surface area contributed by atoms with Crippen LogP contribution in [0.15, 0.2) is 30.3 Å². The van der Waals surface area contributed by atoms with E-state index in [1.54, 1.807) is 0 Å². The van der Waals surface area contributed by atoms with Crippen LogP contribution in [-0.4, -0.2) is 17.2 Å². The molecule has 1 atom stereocenters. The fraction of sp³-hybridized carbons (Fsp3) is 0.111. The SMILES string of the molecule is OB(O)C1C=Cc2ccccc21. The summed E-state index contributed by atoms with van der Waals surface area (Å²) in [4.78, 5) is 0. The van der Waals surface area contributed by atoms with E-state index in [4.69, 9.17) is 10.0 Å². The van der Waals surface area contributed by atoms with Crippen LogP contribution in [0.5, 0.6) is 0 Å². The predicted molar refractivity (Wildman–Crippen MR) is 48.4 cm³/mol. The second-order valence-electron chi connectivity index (χ2n) is 2.93. The maximum Gasteiger partial charge on any atom is 0.463 e. The highest BCUT2D eigenvalue weighted by Gasteiger charge is 2.27. The quantitative estimate of drug-likeness (QED) is 0.596. The third kappa shape index (κ3) is 1.07. The van der Waals surface area contributed by atoms with Gasteiger partial charge in [0.25, 0.3) is 0 Å². The Bertz CT molecular complexity index is 320. The number of fused-ring (bicyclic) bond motifs is 1. The van der Waals surface area contributed by atoms with Crippen molar-refractivity contribution in [3.63, 3.8) is 0 Å². The maximum atomic E-state index is 9.00. The molecular formula is C9H9BO2. The normalized spacial score (nSPS) is 19.3. The van der Waals surface area contributed by atoms with Crippen LogP contribution in [0.25, 0.3) is 6.08 Å². The summed E-state index contributed by atoms with van der Waals surface area (Å²) < 4.78 is 0. The van der Waals surface area contributed by atoms with E-state index in [1.807, 2.05) is 36.4 Å². The molecule has 0 aliphatic heterocycles. The zero-order valence-electron chi connectivity index (χ0n) is 6.51. The average Bonchev–Trinajstić information content (AvgIpc) is 2.47. The first-order chi connectivity index (χ1) is 5.79. The summed E-state index contributed by atoms with van der Waals surface area (Å²) in [5.74, 6) is -0.249. The number of hydrogen-bond donors (Lipinski definition) is 2. The monoisotopic (exact) mass is 160 g/mol. The van der Waals surface area contributed by atoms with E-state index >= 15 is 0 Å². The lowest BCUT2D eigenvalue weighted by molar-refractivity contribution is 0.398. The molecule has 2 nitrogen and oxygen atoms in total. The Morgan fingerprint density at radius 2 is 1.92 bits per heavy atom. The van der Waals surface area contributed by atoms with Gasteiger partial charge >= 0.3 is 7.12 Å². The van der Waals surface area contributed by atoms with E-state index < -0.39 is 7.12 Å². The molecule has 0 saturated heterocycles. The summed E-state index contributed by atoms with van der Waals surface area (Å²) in [6.07, 6.45) is 3.73. The van der Waals surface area contributed by atoms with Crippen LogP contribution >= 0.6 is 0 Å². The second-order valence-corrected chi connectivity index (χ2v) is 2.93. The van der Waals surface area contributed by atoms with Crippen molar-refractivity contribution in [3.05, 3.63) is 41.5 Å². The lowest BCUT2D eigenvalue weighted by Gasteiger charge is -2.07. The van der Waals surface area contributed by atoms with Crippen molar-refractivity contribution in [1.82, 2.24) is 0 Å². The Kier molecular flexibility index (Phi) is 1.75. The summed E-state index contributed by atoms with van der Waals surface area (Å²) >= 11 is 0. The van der Waals surface area contributed by atoms with Crippen molar-refractivity contribution in [1.29, 1.82) is 0 Å². The summed E-state index contributed by atoms with van der Waals surface area (Å²) in [6.45, 7) is 0. The smallest absolute Gasteiger partial charge is 0.426 e. The van der Waals surface area contributed by atoms with E-state index in [1.165, 1.54) is 0 Å². The van der Waals surface area contributed by atoms with Gasteiger partial charge in [0.15, 0.2) is 0 Å². The Hall–Kier alpha value is -1.06. The molecule has 2 rings (SSSR count). The molecule has 0 bridgehead atoms. The molecule has 3 heteroatoms. The van der Waals surface area contributed by atoms with Crippen molar-refractivity contribution in [2.45, 2.75) is 5.82 Å². The molecule has 0 aromatic heterocycles. The first-order valence-electron chi connectivity index (χ1n) is 3.92. The fourth-order valence-corrected chi connectivity index (χ4v) is 1.54. The minimum absolute atomic E-state index is 0.249. The zero-order chi connectivity index (χ0) is 8.55. The first kappa shape index (κ1) is 7.59. The fourth-order valence-electron chi connectivity index (χ4n) is 1.54. The molecule has 1 unspecified atom stereocenters. The lowest BCUT2D eigenvalue weighted by Crippen LogP contribution is -2.20. The van der Waals surface area contributed by atoms with E-state index in [-0.39, 0.29) is 5.82 Å². The van der Waals surface area contributed by atoms with Crippen molar-refractivity contribution in [3.8, 4) is 0 Å². The van der Waals surface area contributed by atoms with Gasteiger partial charge < -0.3 is 10.0 Å². The molecule has 12 heavy (non-hydrogen) atoms. The average molecular weight is 160 g/mol. The Morgan fingerprint density at radius 1 is 1.17 bits per heavy atom. The van der Waals surface area contributed by atoms with Crippen molar-refractivity contribution in [2.24, 2.45) is 0 Å². The highest BCUT2D eigenvalue weighted by atomic mass is 16.4. The molecule has 0 radical (unpaired) electrons. The summed E-state index contributed by atoms with van der Waals surface area (Å²) in [7, 11) is -1.29. The minimum Gasteiger partial charge on any atom is -0.426 e. The molecule has 0 saturated carbocycles. The highest BCUT2D eigenvalue weighted by Crippen LogP contribution is 2.29. The zero-order valence-corrected chi connectivity index (χ0v) is 6.51. The molecule has 60 valence electrons. The van der Waals surface area contributed by atoms with Crippen LogP contribution in [0.2, 0.25) is 0 Å². The third-order valence-electron chi connectivity index (χ3n) is 2.16. The summed E-state index contributed by atoms with van der Waals surface area (Å²) in [5, 5.41) is 18.0. The number of rotatable bonds is 1.